The monoisotopic (exact) mass is 394 g/mol. The number of aromatic nitrogens is 2. The van der Waals surface area contributed by atoms with Crippen molar-refractivity contribution < 1.29 is 14.0 Å². The van der Waals surface area contributed by atoms with Crippen molar-refractivity contribution in [2.75, 3.05) is 11.1 Å². The van der Waals surface area contributed by atoms with E-state index in [1.165, 1.54) is 23.1 Å². The number of amides is 2. The van der Waals surface area contributed by atoms with Crippen LogP contribution in [-0.2, 0) is 23.1 Å². The molecule has 0 unspecified atom stereocenters. The Kier molecular flexibility index (Phi) is 5.38. The van der Waals surface area contributed by atoms with Crippen LogP contribution < -0.4 is 11.1 Å². The Morgan fingerprint density at radius 2 is 2.00 bits per heavy atom. The maximum absolute atomic E-state index is 12.3. The van der Waals surface area contributed by atoms with Crippen LogP contribution in [0.2, 0.25) is 0 Å². The van der Waals surface area contributed by atoms with Gasteiger partial charge in [0.15, 0.2) is 0 Å². The Balaban J connectivity index is 1.66. The van der Waals surface area contributed by atoms with Gasteiger partial charge in [-0.2, -0.15) is 0 Å². The van der Waals surface area contributed by atoms with Crippen molar-refractivity contribution in [3.05, 3.63) is 21.9 Å². The maximum atomic E-state index is 12.3. The van der Waals surface area contributed by atoms with Crippen molar-refractivity contribution in [3.63, 3.8) is 0 Å². The van der Waals surface area contributed by atoms with E-state index in [-0.39, 0.29) is 17.1 Å². The molecule has 2 amide bonds. The largest absolute Gasteiger partial charge is 0.415 e. The number of nitrogens with zero attached hydrogens (tertiary/aromatic N) is 2. The van der Waals surface area contributed by atoms with E-state index in [9.17, 15) is 9.59 Å². The molecule has 2 aromatic heterocycles. The van der Waals surface area contributed by atoms with E-state index >= 15 is 0 Å². The van der Waals surface area contributed by atoms with E-state index in [0.29, 0.717) is 21.7 Å². The molecule has 2 aromatic rings. The van der Waals surface area contributed by atoms with E-state index < -0.39 is 5.91 Å². The highest BCUT2D eigenvalue weighted by Crippen LogP contribution is 2.38. The molecule has 1 aliphatic rings. The summed E-state index contributed by atoms with van der Waals surface area (Å²) in [5.74, 6) is -0.0694. The minimum absolute atomic E-state index is 0.118. The highest BCUT2D eigenvalue weighted by atomic mass is 32.2. The lowest BCUT2D eigenvalue weighted by atomic mass is 9.95. The Morgan fingerprint density at radius 1 is 1.27 bits per heavy atom. The predicted octanol–water partition coefficient (Wildman–Crippen LogP) is 3.14. The number of anilines is 1. The van der Waals surface area contributed by atoms with Gasteiger partial charge in [0.1, 0.15) is 5.00 Å². The standard InChI is InChI=1S/C17H22N4O3S2/c1-17(2,3)15-20-21-16(24-15)25-8-11(22)19-14-12(13(18)23)9-6-4-5-7-10(9)26-14/h4-8H2,1-3H3,(H2,18,23)(H,19,22). The van der Waals surface area contributed by atoms with E-state index in [0.717, 1.165) is 36.1 Å². The number of carbonyl (C=O) groups is 2. The summed E-state index contributed by atoms with van der Waals surface area (Å²) in [6, 6.07) is 0. The summed E-state index contributed by atoms with van der Waals surface area (Å²) < 4.78 is 5.57. The third-order valence-corrected chi connectivity index (χ3v) is 6.07. The van der Waals surface area contributed by atoms with Crippen LogP contribution in [-0.4, -0.2) is 27.8 Å². The molecule has 0 radical (unpaired) electrons. The van der Waals surface area contributed by atoms with Crippen LogP contribution in [0.15, 0.2) is 9.64 Å². The van der Waals surface area contributed by atoms with Gasteiger partial charge in [0.05, 0.1) is 11.3 Å². The van der Waals surface area contributed by atoms with Crippen LogP contribution in [0.4, 0.5) is 5.00 Å². The summed E-state index contributed by atoms with van der Waals surface area (Å²) in [6.45, 7) is 5.93. The number of thioether (sulfide) groups is 1. The van der Waals surface area contributed by atoms with Crippen LogP contribution in [0.25, 0.3) is 0 Å². The van der Waals surface area contributed by atoms with Crippen LogP contribution >= 0.6 is 23.1 Å². The molecule has 140 valence electrons. The minimum Gasteiger partial charge on any atom is -0.415 e. The molecule has 0 saturated carbocycles. The summed E-state index contributed by atoms with van der Waals surface area (Å²) >= 11 is 2.62. The van der Waals surface area contributed by atoms with E-state index in [4.69, 9.17) is 10.2 Å². The summed E-state index contributed by atoms with van der Waals surface area (Å²) in [6.07, 6.45) is 3.91. The number of carbonyl (C=O) groups excluding carboxylic acids is 2. The molecular formula is C17H22N4O3S2. The van der Waals surface area contributed by atoms with Crippen LogP contribution in [0.3, 0.4) is 0 Å². The van der Waals surface area contributed by atoms with Gasteiger partial charge >= 0.3 is 0 Å². The van der Waals surface area contributed by atoms with Gasteiger partial charge in [-0.25, -0.2) is 0 Å². The summed E-state index contributed by atoms with van der Waals surface area (Å²) in [5, 5.41) is 11.7. The lowest BCUT2D eigenvalue weighted by Crippen LogP contribution is -2.19. The molecule has 0 atom stereocenters. The highest BCUT2D eigenvalue weighted by Gasteiger charge is 2.25. The normalized spacial score (nSPS) is 14.1. The van der Waals surface area contributed by atoms with Crippen molar-refractivity contribution in [2.24, 2.45) is 5.73 Å². The number of thiophene rings is 1. The molecular weight excluding hydrogens is 372 g/mol. The van der Waals surface area contributed by atoms with E-state index in [1.54, 1.807) is 0 Å². The third kappa shape index (κ3) is 4.09. The number of nitrogens with two attached hydrogens (primary N) is 1. The summed E-state index contributed by atoms with van der Waals surface area (Å²) in [4.78, 5) is 25.3. The molecule has 3 N–H and O–H groups in total. The zero-order chi connectivity index (χ0) is 18.9. The molecule has 7 nitrogen and oxygen atoms in total. The van der Waals surface area contributed by atoms with Crippen molar-refractivity contribution in [1.29, 1.82) is 0 Å². The fraction of sp³-hybridized carbons (Fsp3) is 0.529. The summed E-state index contributed by atoms with van der Waals surface area (Å²) in [7, 11) is 0. The Morgan fingerprint density at radius 3 is 2.65 bits per heavy atom. The van der Waals surface area contributed by atoms with Crippen LogP contribution in [0.1, 0.15) is 60.3 Å². The lowest BCUT2D eigenvalue weighted by molar-refractivity contribution is -0.113. The SMILES string of the molecule is CC(C)(C)c1nnc(SCC(=O)Nc2sc3c(c2C(N)=O)CCCC3)o1. The first-order valence-corrected chi connectivity index (χ1v) is 10.3. The fourth-order valence-corrected chi connectivity index (χ4v) is 4.65. The molecule has 9 heteroatoms. The average molecular weight is 395 g/mol. The molecule has 2 heterocycles. The number of hydrogen-bond donors (Lipinski definition) is 2. The Bertz CT molecular complexity index is 836. The predicted molar refractivity (Wildman–Crippen MR) is 102 cm³/mol. The van der Waals surface area contributed by atoms with Crippen molar-refractivity contribution in [2.45, 2.75) is 57.1 Å². The van der Waals surface area contributed by atoms with Gasteiger partial charge in [-0.15, -0.1) is 21.5 Å². The number of primary amides is 1. The van der Waals surface area contributed by atoms with Crippen molar-refractivity contribution in [1.82, 2.24) is 10.2 Å². The van der Waals surface area contributed by atoms with Crippen molar-refractivity contribution in [3.8, 4) is 0 Å². The Labute approximate surface area is 160 Å². The van der Waals surface area contributed by atoms with Gasteiger partial charge in [-0.3, -0.25) is 9.59 Å². The van der Waals surface area contributed by atoms with Crippen LogP contribution in [0, 0.1) is 0 Å². The van der Waals surface area contributed by atoms with Crippen LogP contribution in [0.5, 0.6) is 0 Å². The van der Waals surface area contributed by atoms with Gasteiger partial charge in [-0.1, -0.05) is 32.5 Å². The number of hydrogen-bond acceptors (Lipinski definition) is 7. The van der Waals surface area contributed by atoms with E-state index in [2.05, 4.69) is 15.5 Å². The smallest absolute Gasteiger partial charge is 0.277 e. The molecule has 1 aliphatic carbocycles. The number of fused-ring (bicyclic) bond motifs is 1. The summed E-state index contributed by atoms with van der Waals surface area (Å²) in [5.41, 5.74) is 6.78. The van der Waals surface area contributed by atoms with Gasteiger partial charge in [0, 0.05) is 10.3 Å². The number of aryl methyl sites for hydroxylation is 1. The topological polar surface area (TPSA) is 111 Å². The molecule has 3 rings (SSSR count). The first kappa shape index (κ1) is 18.9. The number of rotatable bonds is 5. The van der Waals surface area contributed by atoms with Gasteiger partial charge in [-0.05, 0) is 31.2 Å². The maximum Gasteiger partial charge on any atom is 0.277 e. The van der Waals surface area contributed by atoms with Gasteiger partial charge in [0.25, 0.3) is 11.1 Å². The molecule has 0 fully saturated rings. The quantitative estimate of drug-likeness (QED) is 0.754. The second-order valence-electron chi connectivity index (χ2n) is 7.24. The first-order valence-electron chi connectivity index (χ1n) is 8.46. The lowest BCUT2D eigenvalue weighted by Gasteiger charge is -2.11. The average Bonchev–Trinajstić information content (AvgIpc) is 3.16. The molecule has 0 aliphatic heterocycles. The second-order valence-corrected chi connectivity index (χ2v) is 9.27. The van der Waals surface area contributed by atoms with E-state index in [1.807, 2.05) is 20.8 Å². The molecule has 26 heavy (non-hydrogen) atoms. The fourth-order valence-electron chi connectivity index (χ4n) is 2.78. The third-order valence-electron chi connectivity index (χ3n) is 4.05. The number of nitrogens with one attached hydrogen (secondary N) is 1. The molecule has 0 bridgehead atoms. The first-order chi connectivity index (χ1) is 12.3. The molecule has 0 saturated heterocycles. The molecule has 0 aromatic carbocycles. The second kappa shape index (κ2) is 7.40. The zero-order valence-corrected chi connectivity index (χ0v) is 16.7. The van der Waals surface area contributed by atoms with Crippen molar-refractivity contribution >= 4 is 39.9 Å². The Hall–Kier alpha value is -1.87. The van der Waals surface area contributed by atoms with Gasteiger partial charge < -0.3 is 15.5 Å². The minimum atomic E-state index is -0.487. The molecule has 0 spiro atoms. The highest BCUT2D eigenvalue weighted by molar-refractivity contribution is 7.99. The van der Waals surface area contributed by atoms with Gasteiger partial charge in [0.2, 0.25) is 11.8 Å². The zero-order valence-electron chi connectivity index (χ0n) is 15.0.